The maximum atomic E-state index is 5.48. The van der Waals surface area contributed by atoms with Crippen molar-refractivity contribution in [1.29, 1.82) is 0 Å². The molecule has 0 amide bonds. The topological polar surface area (TPSA) is 67.1 Å². The van der Waals surface area contributed by atoms with E-state index in [0.29, 0.717) is 0 Å². The van der Waals surface area contributed by atoms with Gasteiger partial charge in [-0.3, -0.25) is 0 Å². The summed E-state index contributed by atoms with van der Waals surface area (Å²) in [5.74, 6) is 8.82. The first-order valence-electron chi connectivity index (χ1n) is 7.16. The molecule has 1 atom stereocenters. The van der Waals surface area contributed by atoms with E-state index in [1.807, 2.05) is 6.92 Å². The van der Waals surface area contributed by atoms with Gasteiger partial charge in [0.1, 0.15) is 18.0 Å². The second-order valence-electron chi connectivity index (χ2n) is 5.74. The number of nitrogens with two attached hydrogens (primary N) is 1. The van der Waals surface area contributed by atoms with Gasteiger partial charge < -0.3 is 10.3 Å². The summed E-state index contributed by atoms with van der Waals surface area (Å²) in [7, 11) is 0. The number of anilines is 2. The molecule has 1 aliphatic heterocycles. The summed E-state index contributed by atoms with van der Waals surface area (Å²) in [5.41, 5.74) is 3.67. The van der Waals surface area contributed by atoms with Crippen molar-refractivity contribution in [2.24, 2.45) is 17.7 Å². The average molecular weight is 263 g/mol. The predicted octanol–water partition coefficient (Wildman–Crippen LogP) is 2.33. The Bertz CT molecular complexity index is 418. The number of nitrogens with one attached hydrogen (secondary N) is 1. The molecule has 5 nitrogen and oxygen atoms in total. The van der Waals surface area contributed by atoms with Crippen LogP contribution in [0.15, 0.2) is 6.33 Å². The molecule has 1 unspecified atom stereocenters. The summed E-state index contributed by atoms with van der Waals surface area (Å²) in [6.45, 7) is 8.82. The van der Waals surface area contributed by atoms with Crippen LogP contribution >= 0.6 is 0 Å². The molecule has 0 saturated carbocycles. The van der Waals surface area contributed by atoms with Gasteiger partial charge in [0.15, 0.2) is 0 Å². The average Bonchev–Trinajstić information content (AvgIpc) is 2.65. The maximum Gasteiger partial charge on any atom is 0.148 e. The highest BCUT2D eigenvalue weighted by Gasteiger charge is 2.21. The van der Waals surface area contributed by atoms with Gasteiger partial charge in [-0.1, -0.05) is 13.8 Å². The smallest absolute Gasteiger partial charge is 0.148 e. The lowest BCUT2D eigenvalue weighted by atomic mass is 9.89. The van der Waals surface area contributed by atoms with Gasteiger partial charge in [0.2, 0.25) is 0 Å². The fourth-order valence-corrected chi connectivity index (χ4v) is 2.91. The minimum absolute atomic E-state index is 0.717. The maximum absolute atomic E-state index is 5.48. The lowest BCUT2D eigenvalue weighted by molar-refractivity contribution is 0.351. The highest BCUT2D eigenvalue weighted by atomic mass is 15.3. The van der Waals surface area contributed by atoms with E-state index in [1.54, 1.807) is 6.33 Å². The first-order valence-corrected chi connectivity index (χ1v) is 7.16. The van der Waals surface area contributed by atoms with Gasteiger partial charge >= 0.3 is 0 Å². The predicted molar refractivity (Wildman–Crippen MR) is 79.0 cm³/mol. The molecule has 1 fully saturated rings. The van der Waals surface area contributed by atoms with E-state index in [0.717, 1.165) is 42.1 Å². The lowest BCUT2D eigenvalue weighted by Gasteiger charge is -2.24. The van der Waals surface area contributed by atoms with Crippen LogP contribution in [0.3, 0.4) is 0 Å². The van der Waals surface area contributed by atoms with Gasteiger partial charge in [-0.15, -0.1) is 0 Å². The van der Waals surface area contributed by atoms with Crippen molar-refractivity contribution >= 4 is 11.6 Å². The second kappa shape index (κ2) is 6.19. The van der Waals surface area contributed by atoms with Crippen molar-refractivity contribution < 1.29 is 0 Å². The summed E-state index contributed by atoms with van der Waals surface area (Å²) in [5, 5.41) is 0. The SMILES string of the molecule is Cc1c(NN)ncnc1N1CCCC(C(C)C)CC1. The summed E-state index contributed by atoms with van der Waals surface area (Å²) in [6, 6.07) is 0. The number of nitrogen functional groups attached to an aromatic ring is 1. The third-order valence-corrected chi connectivity index (χ3v) is 4.21. The Morgan fingerprint density at radius 2 is 2.11 bits per heavy atom. The Morgan fingerprint density at radius 3 is 2.79 bits per heavy atom. The molecule has 19 heavy (non-hydrogen) atoms. The molecule has 1 aromatic heterocycles. The van der Waals surface area contributed by atoms with Crippen molar-refractivity contribution in [3.63, 3.8) is 0 Å². The van der Waals surface area contributed by atoms with Crippen LogP contribution in [-0.2, 0) is 0 Å². The molecule has 106 valence electrons. The van der Waals surface area contributed by atoms with Crippen molar-refractivity contribution in [3.05, 3.63) is 11.9 Å². The Labute approximate surface area is 115 Å². The van der Waals surface area contributed by atoms with E-state index in [-0.39, 0.29) is 0 Å². The molecular formula is C14H25N5. The van der Waals surface area contributed by atoms with E-state index < -0.39 is 0 Å². The minimum Gasteiger partial charge on any atom is -0.356 e. The number of hydrogen-bond acceptors (Lipinski definition) is 5. The van der Waals surface area contributed by atoms with Gasteiger partial charge in [0, 0.05) is 18.7 Å². The highest BCUT2D eigenvalue weighted by molar-refractivity contribution is 5.57. The highest BCUT2D eigenvalue weighted by Crippen LogP contribution is 2.28. The molecule has 1 saturated heterocycles. The Kier molecular flexibility index (Phi) is 4.58. The van der Waals surface area contributed by atoms with Crippen LogP contribution in [0.2, 0.25) is 0 Å². The summed E-state index contributed by atoms with van der Waals surface area (Å²) < 4.78 is 0. The molecule has 3 N–H and O–H groups in total. The van der Waals surface area contributed by atoms with Gasteiger partial charge in [-0.25, -0.2) is 15.8 Å². The molecular weight excluding hydrogens is 238 g/mol. The summed E-state index contributed by atoms with van der Waals surface area (Å²) in [4.78, 5) is 11.0. The number of nitrogens with zero attached hydrogens (tertiary/aromatic N) is 3. The molecule has 1 aliphatic rings. The molecule has 0 aliphatic carbocycles. The first-order chi connectivity index (χ1) is 9.13. The van der Waals surface area contributed by atoms with E-state index in [4.69, 9.17) is 5.84 Å². The van der Waals surface area contributed by atoms with Gasteiger partial charge in [0.25, 0.3) is 0 Å². The van der Waals surface area contributed by atoms with Crippen molar-refractivity contribution in [2.75, 3.05) is 23.4 Å². The van der Waals surface area contributed by atoms with E-state index >= 15 is 0 Å². The zero-order chi connectivity index (χ0) is 13.8. The van der Waals surface area contributed by atoms with E-state index in [9.17, 15) is 0 Å². The standard InChI is InChI=1S/C14H25N5/c1-10(2)12-5-4-7-19(8-6-12)14-11(3)13(18-15)16-9-17-14/h9-10,12H,4-8,15H2,1-3H3,(H,16,17,18). The van der Waals surface area contributed by atoms with E-state index in [1.165, 1.54) is 19.3 Å². The molecule has 1 aromatic rings. The van der Waals surface area contributed by atoms with Crippen molar-refractivity contribution in [1.82, 2.24) is 9.97 Å². The molecule has 0 radical (unpaired) electrons. The third kappa shape index (κ3) is 3.15. The number of hydrogen-bond donors (Lipinski definition) is 2. The summed E-state index contributed by atoms with van der Waals surface area (Å²) >= 11 is 0. The van der Waals surface area contributed by atoms with Crippen LogP contribution in [0.25, 0.3) is 0 Å². The van der Waals surface area contributed by atoms with Gasteiger partial charge in [-0.05, 0) is 38.0 Å². The van der Waals surface area contributed by atoms with Crippen molar-refractivity contribution in [3.8, 4) is 0 Å². The van der Waals surface area contributed by atoms with Crippen LogP contribution in [-0.4, -0.2) is 23.1 Å². The van der Waals surface area contributed by atoms with Crippen LogP contribution in [0.5, 0.6) is 0 Å². The molecule has 0 bridgehead atoms. The Balaban J connectivity index is 2.14. The van der Waals surface area contributed by atoms with Crippen molar-refractivity contribution in [2.45, 2.75) is 40.0 Å². The normalized spacial score (nSPS) is 20.5. The van der Waals surface area contributed by atoms with Crippen LogP contribution in [0.1, 0.15) is 38.7 Å². The lowest BCUT2D eigenvalue weighted by Crippen LogP contribution is -2.27. The van der Waals surface area contributed by atoms with Gasteiger partial charge in [-0.2, -0.15) is 0 Å². The first kappa shape index (κ1) is 14.1. The number of hydrazine groups is 1. The molecule has 5 heteroatoms. The van der Waals surface area contributed by atoms with Crippen LogP contribution in [0.4, 0.5) is 11.6 Å². The zero-order valence-electron chi connectivity index (χ0n) is 12.2. The van der Waals surface area contributed by atoms with Crippen LogP contribution < -0.4 is 16.2 Å². The summed E-state index contributed by atoms with van der Waals surface area (Å²) in [6.07, 6.45) is 5.38. The Hall–Kier alpha value is -1.36. The van der Waals surface area contributed by atoms with Gasteiger partial charge in [0.05, 0.1) is 0 Å². The number of aromatic nitrogens is 2. The Morgan fingerprint density at radius 1 is 1.32 bits per heavy atom. The molecule has 2 heterocycles. The molecule has 2 rings (SSSR count). The largest absolute Gasteiger partial charge is 0.356 e. The number of rotatable bonds is 3. The second-order valence-corrected chi connectivity index (χ2v) is 5.74. The molecule has 0 aromatic carbocycles. The molecule has 0 spiro atoms. The van der Waals surface area contributed by atoms with E-state index in [2.05, 4.69) is 34.1 Å². The third-order valence-electron chi connectivity index (χ3n) is 4.21. The van der Waals surface area contributed by atoms with Crippen LogP contribution in [0, 0.1) is 18.8 Å². The monoisotopic (exact) mass is 263 g/mol. The fourth-order valence-electron chi connectivity index (χ4n) is 2.91. The fraction of sp³-hybridized carbons (Fsp3) is 0.714. The minimum atomic E-state index is 0.717. The quantitative estimate of drug-likeness (QED) is 0.647. The zero-order valence-corrected chi connectivity index (χ0v) is 12.2.